The van der Waals surface area contributed by atoms with E-state index >= 15 is 0 Å². The summed E-state index contributed by atoms with van der Waals surface area (Å²) < 4.78 is 5.72. The van der Waals surface area contributed by atoms with E-state index in [2.05, 4.69) is 11.1 Å². The predicted octanol–water partition coefficient (Wildman–Crippen LogP) is 2.30. The van der Waals surface area contributed by atoms with Crippen molar-refractivity contribution >= 4 is 0 Å². The van der Waals surface area contributed by atoms with Gasteiger partial charge in [-0.3, -0.25) is 4.98 Å². The lowest BCUT2D eigenvalue weighted by molar-refractivity contribution is 0.301. The highest BCUT2D eigenvalue weighted by Crippen LogP contribution is 2.18. The van der Waals surface area contributed by atoms with Gasteiger partial charge in [0.2, 0.25) is 0 Å². The lowest BCUT2D eigenvalue weighted by atomic mass is 10.1. The van der Waals surface area contributed by atoms with E-state index in [4.69, 9.17) is 15.7 Å². The van der Waals surface area contributed by atoms with E-state index in [1.54, 1.807) is 6.07 Å². The van der Waals surface area contributed by atoms with Gasteiger partial charge in [0.15, 0.2) is 0 Å². The maximum atomic E-state index is 8.84. The molecule has 4 nitrogen and oxygen atoms in total. The van der Waals surface area contributed by atoms with Crippen molar-refractivity contribution in [3.8, 4) is 11.8 Å². The van der Waals surface area contributed by atoms with E-state index in [0.717, 1.165) is 17.0 Å². The fourth-order valence-corrected chi connectivity index (χ4v) is 1.77. The van der Waals surface area contributed by atoms with E-state index in [0.29, 0.717) is 24.5 Å². The molecular formula is C15H15N3O. The van der Waals surface area contributed by atoms with Gasteiger partial charge < -0.3 is 10.5 Å². The smallest absolute Gasteiger partial charge is 0.142 e. The van der Waals surface area contributed by atoms with Gasteiger partial charge in [-0.1, -0.05) is 12.1 Å². The number of nitriles is 1. The van der Waals surface area contributed by atoms with Crippen LogP contribution in [0.4, 0.5) is 0 Å². The number of benzene rings is 1. The van der Waals surface area contributed by atoms with E-state index < -0.39 is 0 Å². The Balaban J connectivity index is 2.12. The van der Waals surface area contributed by atoms with E-state index in [9.17, 15) is 0 Å². The Morgan fingerprint density at radius 2 is 2.16 bits per heavy atom. The third-order valence-electron chi connectivity index (χ3n) is 2.72. The molecule has 0 fully saturated rings. The summed E-state index contributed by atoms with van der Waals surface area (Å²) in [5.41, 5.74) is 8.89. The zero-order valence-corrected chi connectivity index (χ0v) is 10.8. The van der Waals surface area contributed by atoms with Crippen molar-refractivity contribution in [1.82, 2.24) is 4.98 Å². The summed E-state index contributed by atoms with van der Waals surface area (Å²) >= 11 is 0. The summed E-state index contributed by atoms with van der Waals surface area (Å²) in [6.45, 7) is 2.65. The van der Waals surface area contributed by atoms with Gasteiger partial charge in [-0.05, 0) is 36.8 Å². The number of ether oxygens (including phenoxy) is 1. The Bertz CT molecular complexity index is 617. The minimum absolute atomic E-state index is 0.343. The fraction of sp³-hybridized carbons (Fsp3) is 0.200. The Hall–Kier alpha value is -2.38. The molecule has 0 atom stereocenters. The van der Waals surface area contributed by atoms with Crippen LogP contribution >= 0.6 is 0 Å². The molecule has 96 valence electrons. The molecule has 0 spiro atoms. The summed E-state index contributed by atoms with van der Waals surface area (Å²) in [5, 5.41) is 8.84. The first kappa shape index (κ1) is 13.1. The molecule has 2 aromatic rings. The zero-order chi connectivity index (χ0) is 13.7. The zero-order valence-electron chi connectivity index (χ0n) is 10.8. The highest BCUT2D eigenvalue weighted by molar-refractivity contribution is 5.33. The highest BCUT2D eigenvalue weighted by atomic mass is 16.5. The largest absolute Gasteiger partial charge is 0.487 e. The van der Waals surface area contributed by atoms with Crippen LogP contribution in [0.5, 0.6) is 5.75 Å². The van der Waals surface area contributed by atoms with Crippen LogP contribution in [-0.4, -0.2) is 4.98 Å². The van der Waals surface area contributed by atoms with Crippen LogP contribution in [0.2, 0.25) is 0 Å². The molecule has 0 unspecified atom stereocenters. The molecule has 2 rings (SSSR count). The average molecular weight is 253 g/mol. The van der Waals surface area contributed by atoms with Crippen molar-refractivity contribution in [2.75, 3.05) is 0 Å². The lowest BCUT2D eigenvalue weighted by Gasteiger charge is -2.10. The normalized spacial score (nSPS) is 9.95. The highest BCUT2D eigenvalue weighted by Gasteiger charge is 2.05. The fourth-order valence-electron chi connectivity index (χ4n) is 1.77. The van der Waals surface area contributed by atoms with E-state index in [-0.39, 0.29) is 0 Å². The number of aromatic nitrogens is 1. The monoisotopic (exact) mass is 253 g/mol. The molecular weight excluding hydrogens is 238 g/mol. The first-order chi connectivity index (χ1) is 9.22. The summed E-state index contributed by atoms with van der Waals surface area (Å²) in [6.07, 6.45) is 0. The van der Waals surface area contributed by atoms with Crippen LogP contribution in [0.1, 0.15) is 22.5 Å². The molecule has 0 aliphatic heterocycles. The van der Waals surface area contributed by atoms with Gasteiger partial charge in [-0.15, -0.1) is 0 Å². The number of pyridine rings is 1. The van der Waals surface area contributed by atoms with E-state index in [1.165, 1.54) is 0 Å². The van der Waals surface area contributed by atoms with Crippen molar-refractivity contribution in [1.29, 1.82) is 5.26 Å². The van der Waals surface area contributed by atoms with Gasteiger partial charge in [0.1, 0.15) is 12.4 Å². The van der Waals surface area contributed by atoms with Crippen molar-refractivity contribution in [2.24, 2.45) is 5.73 Å². The van der Waals surface area contributed by atoms with Gasteiger partial charge in [0.25, 0.3) is 0 Å². The van der Waals surface area contributed by atoms with Crippen LogP contribution in [0.25, 0.3) is 0 Å². The Kier molecular flexibility index (Phi) is 4.11. The third-order valence-corrected chi connectivity index (χ3v) is 2.72. The van der Waals surface area contributed by atoms with Gasteiger partial charge in [-0.25, -0.2) is 0 Å². The number of hydrogen-bond donors (Lipinski definition) is 1. The molecule has 0 saturated heterocycles. The minimum Gasteiger partial charge on any atom is -0.487 e. The van der Waals surface area contributed by atoms with Crippen LogP contribution in [-0.2, 0) is 13.2 Å². The number of hydrogen-bond acceptors (Lipinski definition) is 4. The molecule has 0 radical (unpaired) electrons. The molecule has 19 heavy (non-hydrogen) atoms. The Morgan fingerprint density at radius 3 is 2.89 bits per heavy atom. The SMILES string of the molecule is Cc1ccc(OCc2cccc(C#N)c2)c(CN)n1. The second-order valence-electron chi connectivity index (χ2n) is 4.20. The molecule has 4 heteroatoms. The molecule has 0 saturated carbocycles. The van der Waals surface area contributed by atoms with Crippen molar-refractivity contribution in [2.45, 2.75) is 20.1 Å². The van der Waals surface area contributed by atoms with Crippen LogP contribution in [0.3, 0.4) is 0 Å². The minimum atomic E-state index is 0.343. The Morgan fingerprint density at radius 1 is 1.32 bits per heavy atom. The van der Waals surface area contributed by atoms with Crippen molar-refractivity contribution in [3.05, 3.63) is 58.9 Å². The van der Waals surface area contributed by atoms with Gasteiger partial charge in [0.05, 0.1) is 17.3 Å². The molecule has 2 N–H and O–H groups in total. The maximum Gasteiger partial charge on any atom is 0.142 e. The summed E-state index contributed by atoms with van der Waals surface area (Å²) in [7, 11) is 0. The van der Waals surface area contributed by atoms with Crippen LogP contribution in [0.15, 0.2) is 36.4 Å². The third kappa shape index (κ3) is 3.30. The lowest BCUT2D eigenvalue weighted by Crippen LogP contribution is -2.06. The quantitative estimate of drug-likeness (QED) is 0.907. The standard InChI is InChI=1S/C15H15N3O/c1-11-5-6-15(14(9-17)18-11)19-10-13-4-2-3-12(7-13)8-16/h2-7H,9-10,17H2,1H3. The van der Waals surface area contributed by atoms with Gasteiger partial charge in [0, 0.05) is 12.2 Å². The van der Waals surface area contributed by atoms with E-state index in [1.807, 2.05) is 37.3 Å². The molecule has 0 aliphatic carbocycles. The molecule has 1 aromatic carbocycles. The average Bonchev–Trinajstić information content (AvgIpc) is 2.46. The maximum absolute atomic E-state index is 8.84. The second-order valence-corrected chi connectivity index (χ2v) is 4.20. The van der Waals surface area contributed by atoms with Crippen LogP contribution < -0.4 is 10.5 Å². The second kappa shape index (κ2) is 5.98. The van der Waals surface area contributed by atoms with Gasteiger partial charge in [-0.2, -0.15) is 5.26 Å². The van der Waals surface area contributed by atoms with Crippen LogP contribution in [0, 0.1) is 18.3 Å². The number of nitrogens with two attached hydrogens (primary N) is 1. The predicted molar refractivity (Wildman–Crippen MR) is 72.4 cm³/mol. The molecule has 0 bridgehead atoms. The first-order valence-electron chi connectivity index (χ1n) is 6.01. The Labute approximate surface area is 112 Å². The number of rotatable bonds is 4. The van der Waals surface area contributed by atoms with Crippen molar-refractivity contribution < 1.29 is 4.74 Å². The molecule has 1 aromatic heterocycles. The summed E-state index contributed by atoms with van der Waals surface area (Å²) in [6, 6.07) is 13.2. The molecule has 0 aliphatic rings. The first-order valence-corrected chi connectivity index (χ1v) is 6.01. The topological polar surface area (TPSA) is 71.9 Å². The van der Waals surface area contributed by atoms with Gasteiger partial charge >= 0.3 is 0 Å². The molecule has 1 heterocycles. The number of aryl methyl sites for hydroxylation is 1. The summed E-state index contributed by atoms with van der Waals surface area (Å²) in [4.78, 5) is 4.34. The molecule has 0 amide bonds. The summed E-state index contributed by atoms with van der Waals surface area (Å²) in [5.74, 6) is 0.690. The van der Waals surface area contributed by atoms with Crippen molar-refractivity contribution in [3.63, 3.8) is 0 Å². The number of nitrogens with zero attached hydrogens (tertiary/aromatic N) is 2.